The molecular formula is C23H25N5O3. The van der Waals surface area contributed by atoms with Crippen LogP contribution in [0.25, 0.3) is 6.08 Å². The summed E-state index contributed by atoms with van der Waals surface area (Å²) < 4.78 is 1.72. The summed E-state index contributed by atoms with van der Waals surface area (Å²) in [6, 6.07) is 7.55. The van der Waals surface area contributed by atoms with Crippen LogP contribution in [-0.2, 0) is 17.8 Å². The smallest absolute Gasteiger partial charge is 0.304 e. The zero-order chi connectivity index (χ0) is 21.6. The van der Waals surface area contributed by atoms with Crippen molar-refractivity contribution in [2.45, 2.75) is 37.8 Å². The van der Waals surface area contributed by atoms with Crippen LogP contribution in [0, 0.1) is 0 Å². The molecule has 1 aliphatic rings. The lowest BCUT2D eigenvalue weighted by atomic mass is 9.97. The first kappa shape index (κ1) is 20.7. The highest BCUT2D eigenvalue weighted by molar-refractivity contribution is 5.68. The maximum Gasteiger partial charge on any atom is 0.304 e. The highest BCUT2D eigenvalue weighted by atomic mass is 16.4. The number of aliphatic hydroxyl groups excluding tert-OH is 1. The monoisotopic (exact) mass is 419 g/mol. The largest absolute Gasteiger partial charge is 0.481 e. The van der Waals surface area contributed by atoms with Crippen molar-refractivity contribution < 1.29 is 15.0 Å². The number of nitrogens with zero attached hydrogens (tertiary/aromatic N) is 4. The van der Waals surface area contributed by atoms with E-state index in [-0.39, 0.29) is 12.3 Å². The maximum atomic E-state index is 11.3. The number of aromatic nitrogens is 4. The summed E-state index contributed by atoms with van der Waals surface area (Å²) in [5.74, 6) is -0.249. The Labute approximate surface area is 180 Å². The summed E-state index contributed by atoms with van der Waals surface area (Å²) >= 11 is 0. The van der Waals surface area contributed by atoms with Gasteiger partial charge < -0.3 is 15.5 Å². The number of anilines is 1. The summed E-state index contributed by atoms with van der Waals surface area (Å²) in [6.07, 6.45) is 11.6. The Kier molecular flexibility index (Phi) is 6.37. The van der Waals surface area contributed by atoms with Gasteiger partial charge in [0.2, 0.25) is 0 Å². The average Bonchev–Trinajstić information content (AvgIpc) is 3.24. The van der Waals surface area contributed by atoms with Gasteiger partial charge in [-0.25, -0.2) is 4.98 Å². The minimum atomic E-state index is -0.865. The Morgan fingerprint density at radius 3 is 3.00 bits per heavy atom. The summed E-state index contributed by atoms with van der Waals surface area (Å²) in [7, 11) is 0. The second kappa shape index (κ2) is 9.53. The summed E-state index contributed by atoms with van der Waals surface area (Å²) in [6.45, 7) is 1.32. The molecule has 0 saturated carbocycles. The predicted molar refractivity (Wildman–Crippen MR) is 116 cm³/mol. The number of pyridine rings is 2. The number of hydrogen-bond acceptors (Lipinski definition) is 6. The molecule has 0 fully saturated rings. The molecule has 1 aliphatic heterocycles. The van der Waals surface area contributed by atoms with Crippen molar-refractivity contribution in [1.82, 2.24) is 19.7 Å². The van der Waals surface area contributed by atoms with E-state index >= 15 is 0 Å². The molecule has 0 radical (unpaired) electrons. The Balaban J connectivity index is 1.43. The highest BCUT2D eigenvalue weighted by Crippen LogP contribution is 2.24. The average molecular weight is 419 g/mol. The number of aryl methyl sites for hydroxylation is 1. The van der Waals surface area contributed by atoms with Crippen LogP contribution in [0.3, 0.4) is 0 Å². The second-order valence-corrected chi connectivity index (χ2v) is 7.65. The van der Waals surface area contributed by atoms with E-state index in [9.17, 15) is 15.0 Å². The molecule has 0 spiro atoms. The summed E-state index contributed by atoms with van der Waals surface area (Å²) in [5, 5.41) is 27.4. The van der Waals surface area contributed by atoms with Crippen molar-refractivity contribution in [2.75, 3.05) is 11.9 Å². The number of nitrogens with one attached hydrogen (secondary N) is 1. The Bertz CT molecular complexity index is 1060. The fourth-order valence-electron chi connectivity index (χ4n) is 3.72. The molecule has 2 atom stereocenters. The number of carboxylic acid groups (broad SMARTS) is 1. The molecule has 3 N–H and O–H groups in total. The van der Waals surface area contributed by atoms with Gasteiger partial charge >= 0.3 is 5.97 Å². The van der Waals surface area contributed by atoms with Gasteiger partial charge in [0.25, 0.3) is 0 Å². The number of aliphatic carboxylic acids is 1. The second-order valence-electron chi connectivity index (χ2n) is 7.65. The number of hydrogen-bond donors (Lipinski definition) is 3. The Morgan fingerprint density at radius 2 is 2.19 bits per heavy atom. The number of fused-ring (bicyclic) bond motifs is 1. The number of rotatable bonds is 8. The van der Waals surface area contributed by atoms with Crippen LogP contribution in [0.5, 0.6) is 0 Å². The fourth-order valence-corrected chi connectivity index (χ4v) is 3.72. The van der Waals surface area contributed by atoms with Gasteiger partial charge in [-0.1, -0.05) is 18.2 Å². The zero-order valence-electron chi connectivity index (χ0n) is 17.1. The van der Waals surface area contributed by atoms with Gasteiger partial charge in [-0.15, -0.1) is 0 Å². The summed E-state index contributed by atoms with van der Waals surface area (Å²) in [4.78, 5) is 19.9. The van der Waals surface area contributed by atoms with Crippen LogP contribution in [-0.4, -0.2) is 42.5 Å². The first-order chi connectivity index (χ1) is 15.1. The first-order valence-electron chi connectivity index (χ1n) is 10.3. The van der Waals surface area contributed by atoms with Gasteiger partial charge in [-0.3, -0.25) is 14.5 Å². The van der Waals surface area contributed by atoms with E-state index in [2.05, 4.69) is 20.4 Å². The molecule has 4 rings (SSSR count). The van der Waals surface area contributed by atoms with Crippen molar-refractivity contribution in [3.05, 3.63) is 77.5 Å². The third-order valence-corrected chi connectivity index (χ3v) is 5.33. The topological polar surface area (TPSA) is 113 Å². The van der Waals surface area contributed by atoms with Crippen LogP contribution in [0.15, 0.2) is 55.1 Å². The van der Waals surface area contributed by atoms with Gasteiger partial charge in [0.1, 0.15) is 11.9 Å². The molecule has 0 aromatic carbocycles. The van der Waals surface area contributed by atoms with E-state index in [4.69, 9.17) is 0 Å². The molecule has 31 heavy (non-hydrogen) atoms. The van der Waals surface area contributed by atoms with E-state index < -0.39 is 12.1 Å². The molecule has 0 amide bonds. The lowest BCUT2D eigenvalue weighted by Crippen LogP contribution is -2.14. The van der Waals surface area contributed by atoms with Crippen LogP contribution in [0.2, 0.25) is 0 Å². The molecule has 4 heterocycles. The van der Waals surface area contributed by atoms with Crippen LogP contribution >= 0.6 is 0 Å². The third kappa shape index (κ3) is 5.35. The molecule has 8 heteroatoms. The van der Waals surface area contributed by atoms with Gasteiger partial charge in [0.15, 0.2) is 0 Å². The Hall–Kier alpha value is -3.52. The molecular weight excluding hydrogens is 394 g/mol. The lowest BCUT2D eigenvalue weighted by molar-refractivity contribution is -0.137. The molecule has 0 saturated heterocycles. The van der Waals surface area contributed by atoms with Crippen LogP contribution in [0.1, 0.15) is 47.2 Å². The van der Waals surface area contributed by atoms with Crippen molar-refractivity contribution in [1.29, 1.82) is 0 Å². The summed E-state index contributed by atoms with van der Waals surface area (Å²) in [5.41, 5.74) is 3.45. The standard InChI is InChI=1S/C23H25N5O3/c29-21(20-7-6-17-3-2-10-25-23(17)27-20)8-5-16-12-26-28(14-16)15-19(11-22(30)31)18-4-1-9-24-13-18/h1,4-9,12-14,19,21,29H,2-3,10-11,15H2,(H,25,27)(H,30,31). The van der Waals surface area contributed by atoms with Crippen molar-refractivity contribution in [3.8, 4) is 0 Å². The molecule has 0 bridgehead atoms. The molecule has 8 nitrogen and oxygen atoms in total. The fraction of sp³-hybridized carbons (Fsp3) is 0.304. The quantitative estimate of drug-likeness (QED) is 0.514. The number of carboxylic acids is 1. The molecule has 160 valence electrons. The van der Waals surface area contributed by atoms with Gasteiger partial charge in [-0.05, 0) is 42.2 Å². The van der Waals surface area contributed by atoms with Crippen molar-refractivity contribution in [3.63, 3.8) is 0 Å². The first-order valence-corrected chi connectivity index (χ1v) is 10.3. The van der Waals surface area contributed by atoms with Gasteiger partial charge in [0, 0.05) is 43.2 Å². The van der Waals surface area contributed by atoms with E-state index in [1.54, 1.807) is 41.5 Å². The van der Waals surface area contributed by atoms with E-state index in [1.165, 1.54) is 5.56 Å². The molecule has 2 unspecified atom stereocenters. The molecule has 3 aromatic rings. The molecule has 0 aliphatic carbocycles. The minimum absolute atomic E-state index is 0.00647. The SMILES string of the molecule is O=C(O)CC(Cn1cc(C=CC(O)c2ccc3c(n2)NCCC3)cn1)c1cccnc1. The van der Waals surface area contributed by atoms with E-state index in [0.29, 0.717) is 12.2 Å². The van der Waals surface area contributed by atoms with Crippen molar-refractivity contribution in [2.24, 2.45) is 0 Å². The van der Waals surface area contributed by atoms with Gasteiger partial charge in [-0.2, -0.15) is 5.10 Å². The molecule has 3 aromatic heterocycles. The third-order valence-electron chi connectivity index (χ3n) is 5.33. The lowest BCUT2D eigenvalue weighted by Gasteiger charge is -2.18. The van der Waals surface area contributed by atoms with Crippen LogP contribution < -0.4 is 5.32 Å². The highest BCUT2D eigenvalue weighted by Gasteiger charge is 2.17. The Morgan fingerprint density at radius 1 is 1.29 bits per heavy atom. The predicted octanol–water partition coefficient (Wildman–Crippen LogP) is 3.04. The van der Waals surface area contributed by atoms with E-state index in [1.807, 2.05) is 24.4 Å². The number of aliphatic hydroxyl groups is 1. The van der Waals surface area contributed by atoms with Crippen molar-refractivity contribution >= 4 is 17.9 Å². The number of carbonyl (C=O) groups is 1. The van der Waals surface area contributed by atoms with Gasteiger partial charge in [0.05, 0.1) is 18.3 Å². The normalized spacial score (nSPS) is 15.3. The van der Waals surface area contributed by atoms with Crippen LogP contribution in [0.4, 0.5) is 5.82 Å². The minimum Gasteiger partial charge on any atom is -0.481 e. The zero-order valence-corrected chi connectivity index (χ0v) is 17.1. The maximum absolute atomic E-state index is 11.3. The van der Waals surface area contributed by atoms with E-state index in [0.717, 1.165) is 36.3 Å².